The number of benzene rings is 2. The lowest BCUT2D eigenvalue weighted by atomic mass is 10.1. The van der Waals surface area contributed by atoms with Crippen molar-refractivity contribution in [2.75, 3.05) is 6.54 Å². The van der Waals surface area contributed by atoms with E-state index in [4.69, 9.17) is 4.52 Å². The van der Waals surface area contributed by atoms with Gasteiger partial charge in [0.1, 0.15) is 17.7 Å². The molecule has 0 radical (unpaired) electrons. The van der Waals surface area contributed by atoms with Gasteiger partial charge in [-0.3, -0.25) is 4.79 Å². The van der Waals surface area contributed by atoms with Crippen molar-refractivity contribution in [2.45, 2.75) is 18.9 Å². The molecule has 0 bridgehead atoms. The Morgan fingerprint density at radius 2 is 1.96 bits per heavy atom. The molecule has 1 saturated heterocycles. The fourth-order valence-corrected chi connectivity index (χ4v) is 3.16. The molecule has 5 nitrogen and oxygen atoms in total. The number of nitrogens with zero attached hydrogens (tertiary/aromatic N) is 3. The van der Waals surface area contributed by atoms with Gasteiger partial charge in [-0.1, -0.05) is 35.5 Å². The molecule has 26 heavy (non-hydrogen) atoms. The first-order chi connectivity index (χ1) is 12.6. The summed E-state index contributed by atoms with van der Waals surface area (Å²) >= 11 is 0. The van der Waals surface area contributed by atoms with Crippen molar-refractivity contribution >= 4 is 5.91 Å². The van der Waals surface area contributed by atoms with Gasteiger partial charge < -0.3 is 9.42 Å². The third-order valence-electron chi connectivity index (χ3n) is 4.43. The minimum Gasteiger partial charge on any atom is -0.337 e. The summed E-state index contributed by atoms with van der Waals surface area (Å²) in [6.45, 7) is 0.419. The van der Waals surface area contributed by atoms with Crippen LogP contribution in [-0.4, -0.2) is 27.5 Å². The molecular formula is C19H15F2N3O2. The molecule has 1 aromatic heterocycles. The van der Waals surface area contributed by atoms with Gasteiger partial charge in [0.05, 0.1) is 5.56 Å². The Hall–Kier alpha value is -3.09. The van der Waals surface area contributed by atoms with Gasteiger partial charge in [0, 0.05) is 12.1 Å². The molecule has 132 valence electrons. The summed E-state index contributed by atoms with van der Waals surface area (Å²) in [5.74, 6) is -1.26. The first-order valence-corrected chi connectivity index (χ1v) is 8.28. The fraction of sp³-hybridized carbons (Fsp3) is 0.211. The van der Waals surface area contributed by atoms with Gasteiger partial charge in [0.25, 0.3) is 5.91 Å². The highest BCUT2D eigenvalue weighted by Crippen LogP contribution is 2.33. The third kappa shape index (κ3) is 2.96. The number of hydrogen-bond donors (Lipinski definition) is 0. The maximum absolute atomic E-state index is 14.0. The highest BCUT2D eigenvalue weighted by molar-refractivity contribution is 5.95. The van der Waals surface area contributed by atoms with E-state index in [0.717, 1.165) is 30.2 Å². The van der Waals surface area contributed by atoms with E-state index in [1.807, 2.05) is 30.3 Å². The second kappa shape index (κ2) is 6.67. The lowest BCUT2D eigenvalue weighted by Gasteiger charge is -2.22. The average Bonchev–Trinajstić information content (AvgIpc) is 3.33. The topological polar surface area (TPSA) is 59.2 Å². The van der Waals surface area contributed by atoms with Gasteiger partial charge in [-0.2, -0.15) is 4.98 Å². The Kier molecular flexibility index (Phi) is 4.20. The van der Waals surface area contributed by atoms with Crippen LogP contribution in [0.25, 0.3) is 11.4 Å². The van der Waals surface area contributed by atoms with E-state index >= 15 is 0 Å². The van der Waals surface area contributed by atoms with Crippen LogP contribution in [0.3, 0.4) is 0 Å². The Morgan fingerprint density at radius 3 is 2.77 bits per heavy atom. The normalized spacial score (nSPS) is 16.8. The first-order valence-electron chi connectivity index (χ1n) is 8.28. The Bertz CT molecular complexity index is 943. The average molecular weight is 355 g/mol. The van der Waals surface area contributed by atoms with Crippen molar-refractivity contribution in [1.29, 1.82) is 0 Å². The molecule has 1 amide bonds. The molecule has 0 N–H and O–H groups in total. The maximum Gasteiger partial charge on any atom is 0.257 e. The molecule has 1 atom stereocenters. The minimum absolute atomic E-state index is 0.292. The van der Waals surface area contributed by atoms with Crippen LogP contribution in [0.4, 0.5) is 8.78 Å². The van der Waals surface area contributed by atoms with Crippen LogP contribution in [0.1, 0.15) is 35.1 Å². The van der Waals surface area contributed by atoms with E-state index in [1.54, 1.807) is 0 Å². The molecule has 2 aromatic carbocycles. The van der Waals surface area contributed by atoms with Crippen LogP contribution >= 0.6 is 0 Å². The lowest BCUT2D eigenvalue weighted by molar-refractivity contribution is 0.0704. The van der Waals surface area contributed by atoms with Gasteiger partial charge in [-0.05, 0) is 31.0 Å². The number of aromatic nitrogens is 2. The van der Waals surface area contributed by atoms with Gasteiger partial charge in [-0.25, -0.2) is 8.78 Å². The van der Waals surface area contributed by atoms with Crippen molar-refractivity contribution in [3.05, 3.63) is 71.6 Å². The van der Waals surface area contributed by atoms with Gasteiger partial charge in [-0.15, -0.1) is 0 Å². The lowest BCUT2D eigenvalue weighted by Crippen LogP contribution is -2.31. The van der Waals surface area contributed by atoms with E-state index in [2.05, 4.69) is 10.1 Å². The van der Waals surface area contributed by atoms with E-state index in [0.29, 0.717) is 24.7 Å². The zero-order valence-electron chi connectivity index (χ0n) is 13.7. The molecule has 0 spiro atoms. The molecule has 4 rings (SSSR count). The molecule has 1 aliphatic rings. The Morgan fingerprint density at radius 1 is 1.15 bits per heavy atom. The smallest absolute Gasteiger partial charge is 0.257 e. The van der Waals surface area contributed by atoms with Crippen LogP contribution in [0, 0.1) is 11.6 Å². The Balaban J connectivity index is 1.62. The number of carbonyl (C=O) groups excluding carboxylic acids is 1. The van der Waals surface area contributed by atoms with Crippen LogP contribution in [0.15, 0.2) is 53.1 Å². The second-order valence-corrected chi connectivity index (χ2v) is 6.10. The van der Waals surface area contributed by atoms with E-state index in [-0.39, 0.29) is 5.56 Å². The largest absolute Gasteiger partial charge is 0.337 e. The van der Waals surface area contributed by atoms with Crippen molar-refractivity contribution in [1.82, 2.24) is 15.0 Å². The summed E-state index contributed by atoms with van der Waals surface area (Å²) in [5, 5.41) is 3.97. The van der Waals surface area contributed by atoms with E-state index in [9.17, 15) is 13.6 Å². The second-order valence-electron chi connectivity index (χ2n) is 6.10. The minimum atomic E-state index is -0.752. The van der Waals surface area contributed by atoms with Crippen LogP contribution in [0.2, 0.25) is 0 Å². The first kappa shape index (κ1) is 16.4. The van der Waals surface area contributed by atoms with Crippen LogP contribution in [0.5, 0.6) is 0 Å². The molecule has 0 unspecified atom stereocenters. The van der Waals surface area contributed by atoms with Gasteiger partial charge in [0.2, 0.25) is 11.7 Å². The van der Waals surface area contributed by atoms with Crippen molar-refractivity contribution in [3.63, 3.8) is 0 Å². The van der Waals surface area contributed by atoms with Gasteiger partial charge in [0.15, 0.2) is 0 Å². The molecule has 3 aromatic rings. The quantitative estimate of drug-likeness (QED) is 0.713. The molecular weight excluding hydrogens is 340 g/mol. The standard InChI is InChI=1S/C19H15F2N3O2/c20-13-8-9-15(21)14(11-13)19(25)24-10-4-7-16(24)18-22-17(23-26-18)12-5-2-1-3-6-12/h1-3,5-6,8-9,11,16H,4,7,10H2/t16-/m1/s1. The van der Waals surface area contributed by atoms with E-state index in [1.165, 1.54) is 4.90 Å². The zero-order valence-corrected chi connectivity index (χ0v) is 13.7. The number of hydrogen-bond acceptors (Lipinski definition) is 4. The summed E-state index contributed by atoms with van der Waals surface area (Å²) in [7, 11) is 0. The zero-order chi connectivity index (χ0) is 18.1. The third-order valence-corrected chi connectivity index (χ3v) is 4.43. The number of amides is 1. The molecule has 1 fully saturated rings. The van der Waals surface area contributed by atoms with Crippen LogP contribution in [-0.2, 0) is 0 Å². The molecule has 7 heteroatoms. The highest BCUT2D eigenvalue weighted by Gasteiger charge is 2.35. The number of likely N-dealkylation sites (tertiary alicyclic amines) is 1. The summed E-state index contributed by atoms with van der Waals surface area (Å²) in [4.78, 5) is 18.6. The fourth-order valence-electron chi connectivity index (χ4n) is 3.16. The van der Waals surface area contributed by atoms with Crippen molar-refractivity contribution < 1.29 is 18.1 Å². The highest BCUT2D eigenvalue weighted by atomic mass is 19.1. The molecule has 0 saturated carbocycles. The molecule has 2 heterocycles. The summed E-state index contributed by atoms with van der Waals surface area (Å²) in [6, 6.07) is 11.7. The summed E-state index contributed by atoms with van der Waals surface area (Å²) < 4.78 is 32.7. The molecule has 0 aliphatic carbocycles. The SMILES string of the molecule is O=C(c1cc(F)ccc1F)N1CCC[C@@H]1c1nc(-c2ccccc2)no1. The van der Waals surface area contributed by atoms with Crippen LogP contribution < -0.4 is 0 Å². The van der Waals surface area contributed by atoms with Crippen molar-refractivity contribution in [3.8, 4) is 11.4 Å². The van der Waals surface area contributed by atoms with E-state index < -0.39 is 23.6 Å². The monoisotopic (exact) mass is 355 g/mol. The predicted molar refractivity (Wildman–Crippen MR) is 89.1 cm³/mol. The van der Waals surface area contributed by atoms with Crippen molar-refractivity contribution in [2.24, 2.45) is 0 Å². The number of halogens is 2. The van der Waals surface area contributed by atoms with Gasteiger partial charge >= 0.3 is 0 Å². The Labute approximate surface area is 148 Å². The maximum atomic E-state index is 14.0. The molecule has 1 aliphatic heterocycles. The summed E-state index contributed by atoms with van der Waals surface area (Å²) in [6.07, 6.45) is 1.34. The number of carbonyl (C=O) groups is 1. The summed E-state index contributed by atoms with van der Waals surface area (Å²) in [5.41, 5.74) is 0.509. The predicted octanol–water partition coefficient (Wildman–Crippen LogP) is 3.99. The number of rotatable bonds is 3.